The third-order valence-corrected chi connectivity index (χ3v) is 1.39. The van der Waals surface area contributed by atoms with Crippen molar-refractivity contribution in [1.82, 2.24) is 4.90 Å². The fraction of sp³-hybridized carbons (Fsp3) is 0.444. The van der Waals surface area contributed by atoms with Crippen LogP contribution in [0.3, 0.4) is 0 Å². The van der Waals surface area contributed by atoms with Crippen molar-refractivity contribution in [3.8, 4) is 6.07 Å². The number of nitrogens with zero attached hydrogens (tertiary/aromatic N) is 2. The molecule has 0 heterocycles. The molecular formula is C9H14N2. The Morgan fingerprint density at radius 3 is 2.36 bits per heavy atom. The first-order valence-electron chi connectivity index (χ1n) is 3.82. The predicted octanol–water partition coefficient (Wildman–Crippen LogP) is 1.92. The first-order chi connectivity index (χ1) is 5.35. The van der Waals surface area contributed by atoms with Crippen LogP contribution in [-0.2, 0) is 0 Å². The minimum atomic E-state index is 1.01. The molecule has 0 rings (SSSR count). The number of nitriles is 1. The molecule has 0 aliphatic heterocycles. The van der Waals surface area contributed by atoms with Gasteiger partial charge in [0, 0.05) is 19.2 Å². The Hall–Kier alpha value is -1.23. The Labute approximate surface area is 68.4 Å². The molecule has 0 aromatic rings. The molecule has 0 N–H and O–H groups in total. The highest BCUT2D eigenvalue weighted by Crippen LogP contribution is 1.88. The van der Waals surface area contributed by atoms with E-state index in [1.165, 1.54) is 6.08 Å². The van der Waals surface area contributed by atoms with Crippen LogP contribution in [0.15, 0.2) is 24.4 Å². The second-order valence-corrected chi connectivity index (χ2v) is 2.05. The maximum atomic E-state index is 8.16. The molecule has 0 aromatic carbocycles. The van der Waals surface area contributed by atoms with Crippen LogP contribution in [0.1, 0.15) is 13.8 Å². The number of hydrogen-bond acceptors (Lipinski definition) is 2. The maximum absolute atomic E-state index is 8.16. The van der Waals surface area contributed by atoms with E-state index in [2.05, 4.69) is 18.7 Å². The van der Waals surface area contributed by atoms with Gasteiger partial charge in [-0.1, -0.05) is 6.08 Å². The number of hydrogen-bond donors (Lipinski definition) is 0. The standard InChI is InChI=1S/C9H14N2/c1-3-11(4-2)9-7-5-6-8-10/h5-7,9H,3-4H2,1-2H3/b6-5+,9-7+. The SMILES string of the molecule is CCN(/C=C/C=C/C#N)CC. The molecule has 0 amide bonds. The van der Waals surface area contributed by atoms with Crippen molar-refractivity contribution in [3.05, 3.63) is 24.4 Å². The summed E-state index contributed by atoms with van der Waals surface area (Å²) >= 11 is 0. The van der Waals surface area contributed by atoms with E-state index in [0.717, 1.165) is 13.1 Å². The van der Waals surface area contributed by atoms with E-state index in [0.29, 0.717) is 0 Å². The quantitative estimate of drug-likeness (QED) is 0.452. The molecule has 0 unspecified atom stereocenters. The van der Waals surface area contributed by atoms with Crippen LogP contribution in [0, 0.1) is 11.3 Å². The maximum Gasteiger partial charge on any atom is 0.0912 e. The molecule has 0 aliphatic rings. The summed E-state index contributed by atoms with van der Waals surface area (Å²) < 4.78 is 0. The zero-order valence-electron chi connectivity index (χ0n) is 7.12. The van der Waals surface area contributed by atoms with Gasteiger partial charge in [-0.05, 0) is 26.1 Å². The number of rotatable bonds is 4. The van der Waals surface area contributed by atoms with E-state index in [9.17, 15) is 0 Å². The lowest BCUT2D eigenvalue weighted by Gasteiger charge is -2.13. The Balaban J connectivity index is 3.72. The fourth-order valence-electron chi connectivity index (χ4n) is 0.704. The van der Waals surface area contributed by atoms with Crippen molar-refractivity contribution in [2.75, 3.05) is 13.1 Å². The molecule has 0 bridgehead atoms. The molecule has 0 radical (unpaired) electrons. The summed E-state index contributed by atoms with van der Waals surface area (Å²) in [6.45, 7) is 6.21. The smallest absolute Gasteiger partial charge is 0.0912 e. The van der Waals surface area contributed by atoms with Crippen LogP contribution in [-0.4, -0.2) is 18.0 Å². The molecule has 60 valence electrons. The molecule has 0 fully saturated rings. The van der Waals surface area contributed by atoms with Crippen molar-refractivity contribution in [3.63, 3.8) is 0 Å². The summed E-state index contributed by atoms with van der Waals surface area (Å²) in [6.07, 6.45) is 7.04. The highest BCUT2D eigenvalue weighted by molar-refractivity contribution is 5.11. The largest absolute Gasteiger partial charge is 0.378 e. The molecule has 11 heavy (non-hydrogen) atoms. The van der Waals surface area contributed by atoms with Crippen molar-refractivity contribution >= 4 is 0 Å². The molecule has 0 aromatic heterocycles. The molecule has 0 saturated carbocycles. The summed E-state index contributed by atoms with van der Waals surface area (Å²) in [7, 11) is 0. The van der Waals surface area contributed by atoms with Gasteiger partial charge in [0.25, 0.3) is 0 Å². The Kier molecular flexibility index (Phi) is 6.11. The van der Waals surface area contributed by atoms with E-state index >= 15 is 0 Å². The molecule has 2 nitrogen and oxygen atoms in total. The average molecular weight is 150 g/mol. The second-order valence-electron chi connectivity index (χ2n) is 2.05. The van der Waals surface area contributed by atoms with Crippen molar-refractivity contribution in [1.29, 1.82) is 5.26 Å². The van der Waals surface area contributed by atoms with Gasteiger partial charge in [0.1, 0.15) is 0 Å². The minimum Gasteiger partial charge on any atom is -0.378 e. The van der Waals surface area contributed by atoms with Gasteiger partial charge in [-0.3, -0.25) is 0 Å². The molecule has 0 spiro atoms. The van der Waals surface area contributed by atoms with Crippen LogP contribution in [0.4, 0.5) is 0 Å². The lowest BCUT2D eigenvalue weighted by molar-refractivity contribution is 0.419. The topological polar surface area (TPSA) is 27.0 Å². The van der Waals surface area contributed by atoms with Gasteiger partial charge in [-0.15, -0.1) is 0 Å². The summed E-state index contributed by atoms with van der Waals surface area (Å²) in [6, 6.07) is 1.93. The van der Waals surface area contributed by atoms with Crippen LogP contribution in [0.5, 0.6) is 0 Å². The third kappa shape index (κ3) is 5.23. The lowest BCUT2D eigenvalue weighted by atomic mass is 10.4. The highest BCUT2D eigenvalue weighted by Gasteiger charge is 1.85. The van der Waals surface area contributed by atoms with Crippen LogP contribution < -0.4 is 0 Å². The zero-order valence-corrected chi connectivity index (χ0v) is 7.12. The van der Waals surface area contributed by atoms with Gasteiger partial charge in [-0.2, -0.15) is 5.26 Å². The zero-order chi connectivity index (χ0) is 8.53. The van der Waals surface area contributed by atoms with E-state index in [1.54, 1.807) is 6.08 Å². The van der Waals surface area contributed by atoms with E-state index < -0.39 is 0 Å². The van der Waals surface area contributed by atoms with Crippen molar-refractivity contribution in [2.24, 2.45) is 0 Å². The third-order valence-electron chi connectivity index (χ3n) is 1.39. The number of allylic oxidation sites excluding steroid dienone is 3. The first kappa shape index (κ1) is 9.77. The summed E-state index contributed by atoms with van der Waals surface area (Å²) in [5.41, 5.74) is 0. The van der Waals surface area contributed by atoms with Crippen molar-refractivity contribution in [2.45, 2.75) is 13.8 Å². The van der Waals surface area contributed by atoms with E-state index in [-0.39, 0.29) is 0 Å². The van der Waals surface area contributed by atoms with Gasteiger partial charge >= 0.3 is 0 Å². The molecule has 2 heteroatoms. The predicted molar refractivity (Wildman–Crippen MR) is 46.8 cm³/mol. The Morgan fingerprint density at radius 1 is 1.27 bits per heavy atom. The van der Waals surface area contributed by atoms with Gasteiger partial charge in [0.15, 0.2) is 0 Å². The van der Waals surface area contributed by atoms with Crippen LogP contribution in [0.2, 0.25) is 0 Å². The minimum absolute atomic E-state index is 1.01. The Morgan fingerprint density at radius 2 is 1.91 bits per heavy atom. The van der Waals surface area contributed by atoms with Crippen molar-refractivity contribution < 1.29 is 0 Å². The molecule has 0 aliphatic carbocycles. The highest BCUT2D eigenvalue weighted by atomic mass is 15.1. The van der Waals surface area contributed by atoms with Crippen LogP contribution >= 0.6 is 0 Å². The first-order valence-corrected chi connectivity index (χ1v) is 3.82. The van der Waals surface area contributed by atoms with E-state index in [4.69, 9.17) is 5.26 Å². The summed E-state index contributed by atoms with van der Waals surface area (Å²) in [5.74, 6) is 0. The normalized spacial score (nSPS) is 10.6. The monoisotopic (exact) mass is 150 g/mol. The van der Waals surface area contributed by atoms with E-state index in [1.807, 2.05) is 18.3 Å². The lowest BCUT2D eigenvalue weighted by Crippen LogP contribution is -2.14. The summed E-state index contributed by atoms with van der Waals surface area (Å²) in [4.78, 5) is 2.15. The van der Waals surface area contributed by atoms with Gasteiger partial charge in [-0.25, -0.2) is 0 Å². The second kappa shape index (κ2) is 6.88. The summed E-state index contributed by atoms with van der Waals surface area (Å²) in [5, 5.41) is 8.16. The van der Waals surface area contributed by atoms with Gasteiger partial charge in [0.05, 0.1) is 6.07 Å². The Bertz CT molecular complexity index is 170. The average Bonchev–Trinajstić information content (AvgIpc) is 2.05. The van der Waals surface area contributed by atoms with Crippen LogP contribution in [0.25, 0.3) is 0 Å². The van der Waals surface area contributed by atoms with Gasteiger partial charge < -0.3 is 4.90 Å². The molecule has 0 saturated heterocycles. The fourth-order valence-corrected chi connectivity index (χ4v) is 0.704. The molecular weight excluding hydrogens is 136 g/mol. The van der Waals surface area contributed by atoms with Gasteiger partial charge in [0.2, 0.25) is 0 Å². The molecule has 0 atom stereocenters.